The smallest absolute Gasteiger partial charge is 0.217 e. The molecule has 0 saturated carbocycles. The van der Waals surface area contributed by atoms with Gasteiger partial charge in [-0.2, -0.15) is 6.08 Å². The molecule has 1 aliphatic carbocycles. The second kappa shape index (κ2) is 7.21. The number of allylic oxidation sites excluding steroid dienone is 5. The maximum Gasteiger partial charge on any atom is 0.217 e. The van der Waals surface area contributed by atoms with Gasteiger partial charge in [-0.25, -0.2) is 9.05 Å². The van der Waals surface area contributed by atoms with Gasteiger partial charge in [0.1, 0.15) is 4.86 Å². The molecule has 0 fully saturated rings. The van der Waals surface area contributed by atoms with Crippen LogP contribution >= 0.6 is 7.94 Å². The summed E-state index contributed by atoms with van der Waals surface area (Å²) in [6, 6.07) is 8.24. The number of benzene rings is 1. The molecule has 21 heavy (non-hydrogen) atoms. The SMILES string of the molecule is CO[P+]([O-])([C-]=C1C=CC=CC1=[S+]c1ccc(C)cc1)OC. The number of rotatable bonds is 4. The first kappa shape index (κ1) is 16.2. The molecule has 0 radical (unpaired) electrons. The number of hydrogen-bond acceptors (Lipinski definition) is 3. The highest BCUT2D eigenvalue weighted by atomic mass is 32.1. The molecule has 0 atom stereocenters. The normalized spacial score (nSPS) is 18.7. The van der Waals surface area contributed by atoms with E-state index in [2.05, 4.69) is 37.0 Å². The molecule has 0 bridgehead atoms. The van der Waals surface area contributed by atoms with E-state index in [1.165, 1.54) is 19.8 Å². The van der Waals surface area contributed by atoms with Crippen LogP contribution in [-0.4, -0.2) is 19.1 Å². The Balaban J connectivity index is 2.36. The van der Waals surface area contributed by atoms with Crippen LogP contribution in [0, 0.1) is 12.7 Å². The van der Waals surface area contributed by atoms with Crippen LogP contribution in [0.5, 0.6) is 0 Å². The molecule has 1 aromatic carbocycles. The van der Waals surface area contributed by atoms with Crippen molar-refractivity contribution in [3.63, 3.8) is 0 Å². The van der Waals surface area contributed by atoms with E-state index in [9.17, 15) is 4.89 Å². The van der Waals surface area contributed by atoms with Gasteiger partial charge >= 0.3 is 0 Å². The molecule has 0 heterocycles. The monoisotopic (exact) mass is 320 g/mol. The summed E-state index contributed by atoms with van der Waals surface area (Å²) >= 11 is 1.59. The Hall–Kier alpha value is -1.16. The van der Waals surface area contributed by atoms with E-state index in [0.29, 0.717) is 0 Å². The van der Waals surface area contributed by atoms with Crippen molar-refractivity contribution in [1.82, 2.24) is 0 Å². The topological polar surface area (TPSA) is 41.5 Å². The molecule has 2 rings (SSSR count). The van der Waals surface area contributed by atoms with E-state index in [1.54, 1.807) is 11.4 Å². The highest BCUT2D eigenvalue weighted by molar-refractivity contribution is 7.79. The van der Waals surface area contributed by atoms with Crippen molar-refractivity contribution in [3.05, 3.63) is 65.5 Å². The van der Waals surface area contributed by atoms with E-state index in [1.807, 2.05) is 24.3 Å². The summed E-state index contributed by atoms with van der Waals surface area (Å²) in [6.07, 6.45) is 7.62. The Morgan fingerprint density at radius 3 is 2.29 bits per heavy atom. The number of hydrogen-bond donors (Lipinski definition) is 0. The van der Waals surface area contributed by atoms with Crippen LogP contribution in [0.1, 0.15) is 5.56 Å². The third-order valence-corrected chi connectivity index (χ3v) is 5.43. The lowest BCUT2D eigenvalue weighted by Gasteiger charge is -2.24. The third-order valence-electron chi connectivity index (χ3n) is 2.87. The van der Waals surface area contributed by atoms with Crippen molar-refractivity contribution in [1.29, 1.82) is 0 Å². The molecule has 0 spiro atoms. The van der Waals surface area contributed by atoms with Crippen LogP contribution in [0.3, 0.4) is 0 Å². The van der Waals surface area contributed by atoms with Gasteiger partial charge in [0.05, 0.1) is 14.2 Å². The Kier molecular flexibility index (Phi) is 5.57. The summed E-state index contributed by atoms with van der Waals surface area (Å²) in [6.45, 7) is 2.05. The first-order valence-electron chi connectivity index (χ1n) is 6.39. The van der Waals surface area contributed by atoms with Gasteiger partial charge in [0, 0.05) is 17.9 Å². The fraction of sp³-hybridized carbons (Fsp3) is 0.188. The highest BCUT2D eigenvalue weighted by Gasteiger charge is 2.22. The maximum absolute atomic E-state index is 12.2. The van der Waals surface area contributed by atoms with E-state index >= 15 is 0 Å². The molecule has 3 nitrogen and oxygen atoms in total. The van der Waals surface area contributed by atoms with E-state index in [4.69, 9.17) is 9.05 Å². The average molecular weight is 320 g/mol. The Morgan fingerprint density at radius 2 is 1.67 bits per heavy atom. The third kappa shape index (κ3) is 4.40. The molecule has 0 aliphatic heterocycles. The van der Waals surface area contributed by atoms with E-state index in [0.717, 1.165) is 15.3 Å². The largest absolute Gasteiger partial charge is 0.637 e. The zero-order chi connectivity index (χ0) is 15.3. The highest BCUT2D eigenvalue weighted by Crippen LogP contribution is 2.52. The first-order valence-corrected chi connectivity index (χ1v) is 8.75. The molecule has 1 aromatic rings. The quantitative estimate of drug-likeness (QED) is 0.282. The fourth-order valence-corrected chi connectivity index (χ4v) is 3.49. The molecule has 1 aliphatic rings. The van der Waals surface area contributed by atoms with Gasteiger partial charge in [-0.05, 0) is 6.92 Å². The van der Waals surface area contributed by atoms with E-state index in [-0.39, 0.29) is 0 Å². The lowest BCUT2D eigenvalue weighted by molar-refractivity contribution is -0.210. The first-order chi connectivity index (χ1) is 10.1. The number of aryl methyl sites for hydroxylation is 1. The Morgan fingerprint density at radius 1 is 1.05 bits per heavy atom. The van der Waals surface area contributed by atoms with Gasteiger partial charge in [-0.3, -0.25) is 0 Å². The van der Waals surface area contributed by atoms with Crippen LogP contribution in [0.4, 0.5) is 0 Å². The molecule has 0 saturated heterocycles. The zero-order valence-corrected chi connectivity index (χ0v) is 13.9. The molecule has 110 valence electrons. The van der Waals surface area contributed by atoms with Crippen LogP contribution in [0.25, 0.3) is 0 Å². The van der Waals surface area contributed by atoms with Crippen molar-refractivity contribution >= 4 is 24.2 Å². The Bertz CT molecular complexity index is 611. The van der Waals surface area contributed by atoms with Gasteiger partial charge in [0.25, 0.3) is 0 Å². The van der Waals surface area contributed by atoms with Crippen LogP contribution in [0.2, 0.25) is 0 Å². The average Bonchev–Trinajstić information content (AvgIpc) is 2.51. The summed E-state index contributed by atoms with van der Waals surface area (Å²) in [5, 5.41) is 0. The van der Waals surface area contributed by atoms with Crippen LogP contribution < -0.4 is 4.89 Å². The summed E-state index contributed by atoms with van der Waals surface area (Å²) in [7, 11) is -0.598. The summed E-state index contributed by atoms with van der Waals surface area (Å²) in [4.78, 5) is 14.3. The van der Waals surface area contributed by atoms with Gasteiger partial charge in [0.15, 0.2) is 11.4 Å². The van der Waals surface area contributed by atoms with Gasteiger partial charge < -0.3 is 4.89 Å². The van der Waals surface area contributed by atoms with Crippen LogP contribution in [0.15, 0.2) is 59.0 Å². The van der Waals surface area contributed by atoms with Crippen molar-refractivity contribution in [3.8, 4) is 0 Å². The second-order valence-corrected chi connectivity index (χ2v) is 7.45. The van der Waals surface area contributed by atoms with E-state index < -0.39 is 7.94 Å². The zero-order valence-electron chi connectivity index (χ0n) is 12.2. The maximum atomic E-state index is 12.2. The molecular weight excluding hydrogens is 303 g/mol. The van der Waals surface area contributed by atoms with Crippen LogP contribution in [-0.2, 0) is 20.4 Å². The van der Waals surface area contributed by atoms with Crippen molar-refractivity contribution < 1.29 is 13.9 Å². The van der Waals surface area contributed by atoms with Gasteiger partial charge in [0.2, 0.25) is 12.8 Å². The second-order valence-electron chi connectivity index (χ2n) is 4.39. The predicted molar refractivity (Wildman–Crippen MR) is 87.8 cm³/mol. The predicted octanol–water partition coefficient (Wildman–Crippen LogP) is 2.84. The van der Waals surface area contributed by atoms with Crippen molar-refractivity contribution in [2.75, 3.05) is 14.2 Å². The summed E-state index contributed by atoms with van der Waals surface area (Å²) in [5.41, 5.74) is 1.93. The molecule has 0 aromatic heterocycles. The molecule has 0 amide bonds. The Labute approximate surface area is 130 Å². The van der Waals surface area contributed by atoms with Crippen molar-refractivity contribution in [2.45, 2.75) is 11.8 Å². The lowest BCUT2D eigenvalue weighted by atomic mass is 10.1. The summed E-state index contributed by atoms with van der Waals surface area (Å²) in [5.74, 6) is 2.85. The van der Waals surface area contributed by atoms with Gasteiger partial charge in [-0.15, -0.1) is 6.08 Å². The molecule has 5 heteroatoms. The molecule has 0 N–H and O–H groups in total. The minimum Gasteiger partial charge on any atom is -0.637 e. The minimum atomic E-state index is -3.31. The lowest BCUT2D eigenvalue weighted by Crippen LogP contribution is -2.13. The summed E-state index contributed by atoms with van der Waals surface area (Å²) < 4.78 is 9.85. The standard InChI is InChI=1S/C16H17O3PS/c1-13-8-10-15(11-9-13)21-16-7-5-4-6-14(16)12-20(17,18-2)19-3/h4-11H,1-3H3. The van der Waals surface area contributed by atoms with Gasteiger partial charge in [-0.1, -0.05) is 35.4 Å². The molecule has 0 unspecified atom stereocenters. The fourth-order valence-electron chi connectivity index (χ4n) is 1.69. The molecular formula is C16H17O3PS. The van der Waals surface area contributed by atoms with Crippen molar-refractivity contribution in [2.24, 2.45) is 0 Å². The minimum absolute atomic E-state index is 0.718.